The lowest BCUT2D eigenvalue weighted by Crippen LogP contribution is -2.40. The summed E-state index contributed by atoms with van der Waals surface area (Å²) in [6.45, 7) is 0.907. The molecule has 1 aliphatic rings. The van der Waals surface area contributed by atoms with Gasteiger partial charge in [0.2, 0.25) is 0 Å². The van der Waals surface area contributed by atoms with Crippen molar-refractivity contribution in [2.45, 2.75) is 25.9 Å². The number of fused-ring (bicyclic) bond motifs is 1. The molecule has 1 saturated carbocycles. The Morgan fingerprint density at radius 2 is 1.87 bits per heavy atom. The Bertz CT molecular complexity index is 1330. The van der Waals surface area contributed by atoms with E-state index in [2.05, 4.69) is 4.98 Å². The minimum Gasteiger partial charge on any atom is -0.497 e. The maximum absolute atomic E-state index is 13.4. The molecule has 1 aliphatic carbocycles. The van der Waals surface area contributed by atoms with Crippen molar-refractivity contribution >= 4 is 11.2 Å². The summed E-state index contributed by atoms with van der Waals surface area (Å²) in [6.07, 6.45) is 3.74. The Morgan fingerprint density at radius 1 is 1.07 bits per heavy atom. The van der Waals surface area contributed by atoms with Crippen LogP contribution in [0, 0.1) is 5.92 Å². The number of hydrogen-bond donors (Lipinski definition) is 0. The number of benzene rings is 2. The molecule has 1 fully saturated rings. The molecule has 7 nitrogen and oxygen atoms in total. The third kappa shape index (κ3) is 3.22. The molecule has 0 unspecified atom stereocenters. The molecule has 2 aromatic carbocycles. The number of nitrogens with zero attached hydrogens (tertiary/aromatic N) is 4. The van der Waals surface area contributed by atoms with Gasteiger partial charge in [0.05, 0.1) is 19.1 Å². The summed E-state index contributed by atoms with van der Waals surface area (Å²) in [5.41, 5.74) is 1.88. The van der Waals surface area contributed by atoms with Crippen molar-refractivity contribution in [3.8, 4) is 11.4 Å². The number of imidazole rings is 1. The molecule has 0 radical (unpaired) electrons. The van der Waals surface area contributed by atoms with Gasteiger partial charge in [0.25, 0.3) is 5.56 Å². The van der Waals surface area contributed by atoms with E-state index in [4.69, 9.17) is 4.74 Å². The number of para-hydroxylation sites is 1. The lowest BCUT2D eigenvalue weighted by atomic mass is 10.2. The van der Waals surface area contributed by atoms with E-state index in [0.29, 0.717) is 35.9 Å². The summed E-state index contributed by atoms with van der Waals surface area (Å²) in [5.74, 6) is 1.15. The second-order valence-corrected chi connectivity index (χ2v) is 7.71. The summed E-state index contributed by atoms with van der Waals surface area (Å²) < 4.78 is 10.0. The van der Waals surface area contributed by atoms with Crippen LogP contribution >= 0.6 is 0 Å². The van der Waals surface area contributed by atoms with E-state index in [-0.39, 0.29) is 11.2 Å². The lowest BCUT2D eigenvalue weighted by molar-refractivity contribution is 0.414. The van der Waals surface area contributed by atoms with Crippen LogP contribution in [-0.2, 0) is 13.1 Å². The van der Waals surface area contributed by atoms with E-state index in [0.717, 1.165) is 24.2 Å². The number of methoxy groups -OCH3 is 1. The molecule has 0 saturated heterocycles. The average Bonchev–Trinajstić information content (AvgIpc) is 3.51. The molecule has 0 N–H and O–H groups in total. The number of hydrogen-bond acceptors (Lipinski definition) is 4. The highest BCUT2D eigenvalue weighted by atomic mass is 16.5. The summed E-state index contributed by atoms with van der Waals surface area (Å²) in [6, 6.07) is 17.1. The van der Waals surface area contributed by atoms with Crippen molar-refractivity contribution < 1.29 is 4.74 Å². The van der Waals surface area contributed by atoms with Crippen molar-refractivity contribution in [2.75, 3.05) is 7.11 Å². The van der Waals surface area contributed by atoms with Gasteiger partial charge in [-0.2, -0.15) is 0 Å². The van der Waals surface area contributed by atoms with Crippen LogP contribution in [0.2, 0.25) is 0 Å². The highest BCUT2D eigenvalue weighted by Crippen LogP contribution is 2.30. The largest absolute Gasteiger partial charge is 0.497 e. The van der Waals surface area contributed by atoms with Gasteiger partial charge in [-0.1, -0.05) is 30.3 Å². The van der Waals surface area contributed by atoms with Gasteiger partial charge in [0.15, 0.2) is 11.2 Å². The molecule has 4 aromatic rings. The third-order valence-corrected chi connectivity index (χ3v) is 5.54. The van der Waals surface area contributed by atoms with Crippen LogP contribution in [0.25, 0.3) is 16.9 Å². The van der Waals surface area contributed by atoms with E-state index < -0.39 is 0 Å². The van der Waals surface area contributed by atoms with Gasteiger partial charge < -0.3 is 9.30 Å². The Morgan fingerprint density at radius 3 is 2.60 bits per heavy atom. The highest BCUT2D eigenvalue weighted by molar-refractivity contribution is 5.72. The zero-order valence-electron chi connectivity index (χ0n) is 16.7. The quantitative estimate of drug-likeness (QED) is 0.497. The minimum atomic E-state index is -0.336. The Labute approximate surface area is 172 Å². The second-order valence-electron chi connectivity index (χ2n) is 7.71. The van der Waals surface area contributed by atoms with Crippen LogP contribution in [0.5, 0.6) is 5.75 Å². The fourth-order valence-electron chi connectivity index (χ4n) is 3.80. The normalized spacial score (nSPS) is 13.6. The zero-order valence-corrected chi connectivity index (χ0v) is 16.7. The Balaban J connectivity index is 1.72. The van der Waals surface area contributed by atoms with Crippen LogP contribution in [-0.4, -0.2) is 25.8 Å². The van der Waals surface area contributed by atoms with Crippen LogP contribution in [0.4, 0.5) is 0 Å². The van der Waals surface area contributed by atoms with E-state index >= 15 is 0 Å². The maximum Gasteiger partial charge on any atom is 0.337 e. The molecule has 30 heavy (non-hydrogen) atoms. The second kappa shape index (κ2) is 7.33. The van der Waals surface area contributed by atoms with Gasteiger partial charge in [-0.25, -0.2) is 14.3 Å². The summed E-state index contributed by atoms with van der Waals surface area (Å²) >= 11 is 0. The van der Waals surface area contributed by atoms with Crippen molar-refractivity contribution in [3.05, 3.63) is 87.3 Å². The molecular formula is C23H22N4O3. The zero-order chi connectivity index (χ0) is 20.7. The standard InChI is InChI=1S/C23H22N4O3/c1-30-19-9-5-6-17(12-19)13-25-15-24-21-20(25)22(28)26(14-16-10-11-16)23(29)27(21)18-7-3-2-4-8-18/h2-9,12,15-16H,10-11,13-14H2,1H3. The van der Waals surface area contributed by atoms with Gasteiger partial charge in [-0.3, -0.25) is 9.36 Å². The van der Waals surface area contributed by atoms with E-state index in [1.165, 1.54) is 4.57 Å². The topological polar surface area (TPSA) is 71.1 Å². The van der Waals surface area contributed by atoms with Crippen molar-refractivity contribution in [1.29, 1.82) is 0 Å². The number of aromatic nitrogens is 4. The van der Waals surface area contributed by atoms with Gasteiger partial charge in [-0.05, 0) is 48.6 Å². The van der Waals surface area contributed by atoms with Crippen molar-refractivity contribution in [2.24, 2.45) is 5.92 Å². The van der Waals surface area contributed by atoms with Crippen LogP contribution in [0.1, 0.15) is 18.4 Å². The van der Waals surface area contributed by atoms with E-state index in [1.54, 1.807) is 18.0 Å². The van der Waals surface area contributed by atoms with Crippen molar-refractivity contribution in [3.63, 3.8) is 0 Å². The molecule has 2 heterocycles. The minimum absolute atomic E-state index is 0.283. The van der Waals surface area contributed by atoms with Crippen molar-refractivity contribution in [1.82, 2.24) is 18.7 Å². The van der Waals surface area contributed by atoms with Gasteiger partial charge in [-0.15, -0.1) is 0 Å². The maximum atomic E-state index is 13.4. The van der Waals surface area contributed by atoms with Gasteiger partial charge in [0, 0.05) is 13.1 Å². The third-order valence-electron chi connectivity index (χ3n) is 5.54. The first-order valence-electron chi connectivity index (χ1n) is 10.0. The predicted octanol–water partition coefficient (Wildman–Crippen LogP) is 2.82. The first kappa shape index (κ1) is 18.4. The number of rotatable bonds is 6. The predicted molar refractivity (Wildman–Crippen MR) is 114 cm³/mol. The number of ether oxygens (including phenoxy) is 1. The molecule has 0 atom stereocenters. The molecular weight excluding hydrogens is 380 g/mol. The highest BCUT2D eigenvalue weighted by Gasteiger charge is 2.26. The molecule has 2 aromatic heterocycles. The molecule has 0 bridgehead atoms. The van der Waals surface area contributed by atoms with Gasteiger partial charge >= 0.3 is 5.69 Å². The summed E-state index contributed by atoms with van der Waals surface area (Å²) in [7, 11) is 1.63. The Kier molecular flexibility index (Phi) is 4.50. The summed E-state index contributed by atoms with van der Waals surface area (Å²) in [4.78, 5) is 31.1. The van der Waals surface area contributed by atoms with Gasteiger partial charge in [0.1, 0.15) is 5.75 Å². The first-order valence-corrected chi connectivity index (χ1v) is 10.0. The van der Waals surface area contributed by atoms with E-state index in [1.807, 2.05) is 59.2 Å². The summed E-state index contributed by atoms with van der Waals surface area (Å²) in [5, 5.41) is 0. The fourth-order valence-corrected chi connectivity index (χ4v) is 3.80. The lowest BCUT2D eigenvalue weighted by Gasteiger charge is -2.12. The fraction of sp³-hybridized carbons (Fsp3) is 0.261. The molecule has 0 amide bonds. The molecule has 0 aliphatic heterocycles. The smallest absolute Gasteiger partial charge is 0.337 e. The van der Waals surface area contributed by atoms with Crippen LogP contribution in [0.15, 0.2) is 70.5 Å². The molecule has 152 valence electrons. The average molecular weight is 402 g/mol. The van der Waals surface area contributed by atoms with Crippen LogP contribution < -0.4 is 16.0 Å². The SMILES string of the molecule is COc1cccc(Cn2cnc3c2c(=O)n(CC2CC2)c(=O)n3-c2ccccc2)c1. The molecule has 7 heteroatoms. The molecule has 5 rings (SSSR count). The monoisotopic (exact) mass is 402 g/mol. The van der Waals surface area contributed by atoms with E-state index in [9.17, 15) is 9.59 Å². The Hall–Kier alpha value is -3.61. The van der Waals surface area contributed by atoms with Crippen LogP contribution in [0.3, 0.4) is 0 Å². The molecule has 0 spiro atoms. The first-order chi connectivity index (χ1) is 14.7.